The summed E-state index contributed by atoms with van der Waals surface area (Å²) >= 11 is 0. The number of esters is 1. The number of hydrogen-bond acceptors (Lipinski definition) is 2. The van der Waals surface area contributed by atoms with Crippen molar-refractivity contribution in [2.45, 2.75) is 110 Å². The fraction of sp³-hybridized carbons (Fsp3) is 0.400. The van der Waals surface area contributed by atoms with Crippen molar-refractivity contribution in [3.05, 3.63) is 133 Å². The van der Waals surface area contributed by atoms with Crippen LogP contribution < -0.4 is 0 Å². The summed E-state index contributed by atoms with van der Waals surface area (Å²) in [7, 11) is 0. The summed E-state index contributed by atoms with van der Waals surface area (Å²) in [6.45, 7) is 2.78. The largest absolute Gasteiger partial charge is 0.748 e. The zero-order valence-corrected chi connectivity index (χ0v) is 31.9. The zero-order valence-electron chi connectivity index (χ0n) is 29.7. The second-order valence-electron chi connectivity index (χ2n) is 12.4. The van der Waals surface area contributed by atoms with Crippen molar-refractivity contribution in [2.24, 2.45) is 0 Å². The van der Waals surface area contributed by atoms with Crippen LogP contribution in [-0.4, -0.2) is 12.6 Å². The standard InChI is InChI=1S/C35H48O2.2C5H5.2Fe/c1-2-3-4-5-6-7-8-9-10-11-12-13-14-15-16-21-29-37-35(36)33-28-22-27-32(30-23-17-18-24-30)34(33)31-25-19-20-26-31;2*1-2-4-5-3-1;;/h17-20,22-28H,2-16,21,29H2,1H3;2*1-5H;;/q-2;-5;-1;;. The molecule has 0 saturated carbocycles. The summed E-state index contributed by atoms with van der Waals surface area (Å²) in [5.74, 6) is -0.217. The van der Waals surface area contributed by atoms with Gasteiger partial charge in [0.2, 0.25) is 0 Å². The van der Waals surface area contributed by atoms with Crippen LogP contribution in [0.2, 0.25) is 0 Å². The maximum absolute atomic E-state index is 13.0. The van der Waals surface area contributed by atoms with Gasteiger partial charge in [0.05, 0.1) is 6.61 Å². The number of unbranched alkanes of at least 4 members (excludes halogenated alkanes) is 15. The fourth-order valence-corrected chi connectivity index (χ4v) is 5.90. The Morgan fingerprint density at radius 3 is 1.41 bits per heavy atom. The van der Waals surface area contributed by atoms with E-state index in [0.29, 0.717) is 12.2 Å². The van der Waals surface area contributed by atoms with Gasteiger partial charge in [-0.25, -0.2) is 12.1 Å². The molecular weight excluding hydrogens is 684 g/mol. The van der Waals surface area contributed by atoms with Gasteiger partial charge in [-0.15, -0.1) is 41.5 Å². The minimum atomic E-state index is -0.217. The van der Waals surface area contributed by atoms with Crippen LogP contribution in [-0.2, 0) is 38.9 Å². The van der Waals surface area contributed by atoms with Crippen LogP contribution in [0, 0.1) is 0 Å². The first kappa shape index (κ1) is 44.2. The molecule has 0 heterocycles. The zero-order chi connectivity index (χ0) is 33.0. The second-order valence-corrected chi connectivity index (χ2v) is 12.4. The summed E-state index contributed by atoms with van der Waals surface area (Å²) in [4.78, 5) is 13.0. The minimum Gasteiger partial charge on any atom is -0.748 e. The molecule has 0 N–H and O–H groups in total. The van der Waals surface area contributed by atoms with Crippen molar-refractivity contribution in [2.75, 3.05) is 6.61 Å². The third-order valence-corrected chi connectivity index (χ3v) is 8.55. The molecule has 0 aliphatic heterocycles. The van der Waals surface area contributed by atoms with Gasteiger partial charge >= 0.3 is 0 Å². The van der Waals surface area contributed by atoms with Crippen LogP contribution in [0.25, 0.3) is 22.3 Å². The molecule has 0 aliphatic carbocycles. The average Bonchev–Trinajstić information content (AvgIpc) is 3.95. The van der Waals surface area contributed by atoms with Gasteiger partial charge in [-0.1, -0.05) is 109 Å². The Morgan fingerprint density at radius 2 is 0.980 bits per heavy atom. The number of carbonyl (C=O) groups is 1. The first-order chi connectivity index (χ1) is 23.3. The maximum Gasteiger partial charge on any atom is 0.296 e. The van der Waals surface area contributed by atoms with Gasteiger partial charge < -0.3 is 35.1 Å². The molecular formula is C45H58Fe2O2-8. The predicted octanol–water partition coefficient (Wildman–Crippen LogP) is 13.7. The number of benzene rings is 1. The molecule has 5 rings (SSSR count). The van der Waals surface area contributed by atoms with E-state index in [4.69, 9.17) is 4.74 Å². The molecule has 0 bridgehead atoms. The van der Waals surface area contributed by atoms with E-state index in [1.54, 1.807) is 0 Å². The SMILES string of the molecule is CCCCCCCCCCCCCCCCCCOC(=O)c1cccc(-[c-]2cccc2)c1-[c-]1cccc1.[Fe].[Fe].[cH-]1[cH-][cH-][cH-][cH-]1.c1cc[cH-]c1. The molecule has 274 valence electrons. The van der Waals surface area contributed by atoms with Crippen LogP contribution in [0.5, 0.6) is 0 Å². The van der Waals surface area contributed by atoms with E-state index >= 15 is 0 Å². The fourth-order valence-electron chi connectivity index (χ4n) is 5.90. The smallest absolute Gasteiger partial charge is 0.296 e. The second kappa shape index (κ2) is 30.0. The van der Waals surface area contributed by atoms with Crippen molar-refractivity contribution >= 4 is 5.97 Å². The average molecular weight is 743 g/mol. The third-order valence-electron chi connectivity index (χ3n) is 8.55. The summed E-state index contributed by atoms with van der Waals surface area (Å²) in [5.41, 5.74) is 4.89. The van der Waals surface area contributed by atoms with E-state index in [9.17, 15) is 4.79 Å². The van der Waals surface area contributed by atoms with Gasteiger partial charge in [0.1, 0.15) is 0 Å². The first-order valence-electron chi connectivity index (χ1n) is 18.4. The molecule has 5 aromatic rings. The van der Waals surface area contributed by atoms with Crippen molar-refractivity contribution in [1.29, 1.82) is 0 Å². The Kier molecular flexibility index (Phi) is 27.0. The molecule has 0 fully saturated rings. The van der Waals surface area contributed by atoms with Gasteiger partial charge in [0.15, 0.2) is 0 Å². The molecule has 0 aliphatic rings. The molecule has 0 atom stereocenters. The Balaban J connectivity index is 0.000000852. The quantitative estimate of drug-likeness (QED) is 0.0344. The molecule has 0 amide bonds. The van der Waals surface area contributed by atoms with Gasteiger partial charge in [-0.2, -0.15) is 59.7 Å². The van der Waals surface area contributed by atoms with Crippen LogP contribution >= 0.6 is 0 Å². The van der Waals surface area contributed by atoms with Gasteiger partial charge in [-0.3, -0.25) is 4.79 Å². The molecule has 0 unspecified atom stereocenters. The molecule has 2 nitrogen and oxygen atoms in total. The van der Waals surface area contributed by atoms with Crippen molar-refractivity contribution in [3.63, 3.8) is 0 Å². The number of rotatable bonds is 20. The maximum atomic E-state index is 13.0. The van der Waals surface area contributed by atoms with E-state index in [1.807, 2.05) is 97.1 Å². The van der Waals surface area contributed by atoms with E-state index in [-0.39, 0.29) is 40.1 Å². The normalized spacial score (nSPS) is 10.1. The molecule has 49 heavy (non-hydrogen) atoms. The number of hydrogen-bond donors (Lipinski definition) is 0. The summed E-state index contributed by atoms with van der Waals surface area (Å²) in [6, 6.07) is 42.3. The van der Waals surface area contributed by atoms with Crippen LogP contribution in [0.4, 0.5) is 0 Å². The third kappa shape index (κ3) is 19.2. The molecule has 0 spiro atoms. The Labute approximate surface area is 319 Å². The molecule has 0 radical (unpaired) electrons. The molecule has 4 heteroatoms. The van der Waals surface area contributed by atoms with Crippen molar-refractivity contribution in [1.82, 2.24) is 0 Å². The van der Waals surface area contributed by atoms with Crippen molar-refractivity contribution in [3.8, 4) is 22.3 Å². The monoisotopic (exact) mass is 742 g/mol. The molecule has 0 saturated heterocycles. The summed E-state index contributed by atoms with van der Waals surface area (Å²) in [6.07, 6.45) is 21.5. The van der Waals surface area contributed by atoms with Crippen LogP contribution in [0.1, 0.15) is 120 Å². The minimum absolute atomic E-state index is 0. The Morgan fingerprint density at radius 1 is 0.551 bits per heavy atom. The Hall–Kier alpha value is -2.87. The molecule has 5 aromatic carbocycles. The van der Waals surface area contributed by atoms with E-state index in [1.165, 1.54) is 89.9 Å². The predicted molar refractivity (Wildman–Crippen MR) is 202 cm³/mol. The van der Waals surface area contributed by atoms with E-state index < -0.39 is 0 Å². The summed E-state index contributed by atoms with van der Waals surface area (Å²) < 4.78 is 5.72. The topological polar surface area (TPSA) is 26.3 Å². The van der Waals surface area contributed by atoms with Gasteiger partial charge in [0.25, 0.3) is 5.97 Å². The van der Waals surface area contributed by atoms with Gasteiger partial charge in [0, 0.05) is 34.1 Å². The number of ether oxygens (including phenoxy) is 1. The summed E-state index contributed by atoms with van der Waals surface area (Å²) in [5, 5.41) is 0. The first-order valence-corrected chi connectivity index (χ1v) is 18.4. The van der Waals surface area contributed by atoms with Crippen LogP contribution in [0.15, 0.2) is 127 Å². The van der Waals surface area contributed by atoms with E-state index in [2.05, 4.69) is 37.3 Å². The van der Waals surface area contributed by atoms with Crippen molar-refractivity contribution < 1.29 is 43.7 Å². The van der Waals surface area contributed by atoms with E-state index in [0.717, 1.165) is 35.1 Å². The Bertz CT molecular complexity index is 1290. The van der Waals surface area contributed by atoms with Crippen LogP contribution in [0.3, 0.4) is 0 Å². The van der Waals surface area contributed by atoms with Gasteiger partial charge in [-0.05, 0) is 12.0 Å². The molecule has 0 aromatic heterocycles. The number of carbonyl (C=O) groups excluding carboxylic acids is 1.